The second kappa shape index (κ2) is 6.91. The summed E-state index contributed by atoms with van der Waals surface area (Å²) in [5.74, 6) is 0.554. The third-order valence-electron chi connectivity index (χ3n) is 3.00. The molecule has 0 bridgehead atoms. The average Bonchev–Trinajstić information content (AvgIpc) is 2.44. The van der Waals surface area contributed by atoms with Crippen LogP contribution in [0.4, 0.5) is 10.5 Å². The number of anilines is 1. The van der Waals surface area contributed by atoms with E-state index in [0.717, 1.165) is 22.9 Å². The largest absolute Gasteiger partial charge is 0.343 e. The molecule has 0 aliphatic carbocycles. The minimum absolute atomic E-state index is 0.356. The van der Waals surface area contributed by atoms with E-state index in [2.05, 4.69) is 24.6 Å². The van der Waals surface area contributed by atoms with E-state index >= 15 is 0 Å². The second-order valence-corrected chi connectivity index (χ2v) is 5.11. The summed E-state index contributed by atoms with van der Waals surface area (Å²) in [5.41, 5.74) is 3.17. The van der Waals surface area contributed by atoms with Crippen molar-refractivity contribution in [1.82, 2.24) is 5.48 Å². The first kappa shape index (κ1) is 14.3. The first-order valence-corrected chi connectivity index (χ1v) is 6.83. The van der Waals surface area contributed by atoms with Crippen LogP contribution in [0.5, 0.6) is 0 Å². The van der Waals surface area contributed by atoms with E-state index in [1.165, 1.54) is 0 Å². The molecule has 0 atom stereocenters. The molecule has 0 fully saturated rings. The van der Waals surface area contributed by atoms with Crippen LogP contribution in [-0.2, 0) is 4.84 Å². The molecule has 2 rings (SSSR count). The Kier molecular flexibility index (Phi) is 4.96. The minimum atomic E-state index is -0.356. The maximum absolute atomic E-state index is 11.8. The number of carbonyl (C=O) groups excluding carboxylic acids is 1. The van der Waals surface area contributed by atoms with Crippen LogP contribution in [-0.4, -0.2) is 12.6 Å². The summed E-state index contributed by atoms with van der Waals surface area (Å²) in [6.45, 7) is 4.74. The van der Waals surface area contributed by atoms with E-state index in [1.807, 2.05) is 42.5 Å². The van der Waals surface area contributed by atoms with Crippen LogP contribution < -0.4 is 10.8 Å². The number of rotatable bonds is 5. The minimum Gasteiger partial charge on any atom is -0.306 e. The van der Waals surface area contributed by atoms with Gasteiger partial charge in [0.05, 0.1) is 12.3 Å². The van der Waals surface area contributed by atoms with E-state index in [0.29, 0.717) is 12.5 Å². The maximum Gasteiger partial charge on any atom is 0.343 e. The van der Waals surface area contributed by atoms with Gasteiger partial charge in [0.25, 0.3) is 0 Å². The maximum atomic E-state index is 11.8. The molecule has 0 spiro atoms. The summed E-state index contributed by atoms with van der Waals surface area (Å²) >= 11 is 0. The fourth-order valence-corrected chi connectivity index (χ4v) is 1.89. The van der Waals surface area contributed by atoms with Crippen LogP contribution in [0.25, 0.3) is 10.8 Å². The zero-order valence-corrected chi connectivity index (χ0v) is 11.8. The summed E-state index contributed by atoms with van der Waals surface area (Å²) in [4.78, 5) is 16.9. The van der Waals surface area contributed by atoms with Gasteiger partial charge in [-0.05, 0) is 23.8 Å². The predicted molar refractivity (Wildman–Crippen MR) is 81.5 cm³/mol. The van der Waals surface area contributed by atoms with Gasteiger partial charge in [0.15, 0.2) is 0 Å². The highest BCUT2D eigenvalue weighted by molar-refractivity contribution is 6.01. The fourth-order valence-electron chi connectivity index (χ4n) is 1.89. The van der Waals surface area contributed by atoms with Gasteiger partial charge in [0, 0.05) is 5.39 Å². The average molecular weight is 272 g/mol. The zero-order chi connectivity index (χ0) is 14.4. The van der Waals surface area contributed by atoms with Crippen molar-refractivity contribution in [1.29, 1.82) is 0 Å². The Balaban J connectivity index is 1.93. The van der Waals surface area contributed by atoms with Crippen molar-refractivity contribution in [3.05, 3.63) is 42.5 Å². The Morgan fingerprint density at radius 1 is 1.15 bits per heavy atom. The van der Waals surface area contributed by atoms with Gasteiger partial charge in [0.1, 0.15) is 0 Å². The Bertz CT molecular complexity index is 576. The molecule has 0 saturated carbocycles. The third kappa shape index (κ3) is 3.96. The molecular weight excluding hydrogens is 252 g/mol. The number of fused-ring (bicyclic) bond motifs is 1. The highest BCUT2D eigenvalue weighted by Gasteiger charge is 2.05. The lowest BCUT2D eigenvalue weighted by Gasteiger charge is -2.10. The van der Waals surface area contributed by atoms with Gasteiger partial charge in [-0.1, -0.05) is 50.2 Å². The molecular formula is C16H20N2O2. The summed E-state index contributed by atoms with van der Waals surface area (Å²) in [6.07, 6.45) is 0.911. The van der Waals surface area contributed by atoms with Crippen LogP contribution in [0.1, 0.15) is 20.3 Å². The highest BCUT2D eigenvalue weighted by Crippen LogP contribution is 2.22. The third-order valence-corrected chi connectivity index (χ3v) is 3.00. The van der Waals surface area contributed by atoms with Gasteiger partial charge in [-0.15, -0.1) is 0 Å². The van der Waals surface area contributed by atoms with Crippen LogP contribution in [0.15, 0.2) is 42.5 Å². The van der Waals surface area contributed by atoms with Crippen molar-refractivity contribution in [2.75, 3.05) is 11.9 Å². The SMILES string of the molecule is CC(C)CCONC(=O)Nc1cccc2ccccc12. The highest BCUT2D eigenvalue weighted by atomic mass is 16.7. The quantitative estimate of drug-likeness (QED) is 0.640. The van der Waals surface area contributed by atoms with Crippen molar-refractivity contribution >= 4 is 22.5 Å². The van der Waals surface area contributed by atoms with Gasteiger partial charge in [-0.2, -0.15) is 0 Å². The first-order valence-electron chi connectivity index (χ1n) is 6.83. The predicted octanol–water partition coefficient (Wildman–Crippen LogP) is 3.94. The standard InChI is InChI=1S/C16H20N2O2/c1-12(2)10-11-20-18-16(19)17-15-9-5-7-13-6-3-4-8-14(13)15/h3-9,12H,10-11H2,1-2H3,(H2,17,18,19). The van der Waals surface area contributed by atoms with Gasteiger partial charge >= 0.3 is 6.03 Å². The molecule has 0 heterocycles. The zero-order valence-electron chi connectivity index (χ0n) is 11.8. The number of hydroxylamine groups is 1. The topological polar surface area (TPSA) is 50.4 Å². The lowest BCUT2D eigenvalue weighted by molar-refractivity contribution is 0.0589. The van der Waals surface area contributed by atoms with Crippen molar-refractivity contribution in [2.24, 2.45) is 5.92 Å². The Morgan fingerprint density at radius 2 is 1.90 bits per heavy atom. The Hall–Kier alpha value is -2.07. The van der Waals surface area contributed by atoms with E-state index in [1.54, 1.807) is 0 Å². The lowest BCUT2D eigenvalue weighted by Crippen LogP contribution is -2.29. The van der Waals surface area contributed by atoms with E-state index < -0.39 is 0 Å². The molecule has 0 unspecified atom stereocenters. The fraction of sp³-hybridized carbons (Fsp3) is 0.312. The molecule has 2 aromatic carbocycles. The lowest BCUT2D eigenvalue weighted by atomic mass is 10.1. The summed E-state index contributed by atoms with van der Waals surface area (Å²) in [6, 6.07) is 13.4. The molecule has 0 saturated heterocycles. The van der Waals surface area contributed by atoms with Gasteiger partial charge in [-0.3, -0.25) is 4.84 Å². The Labute approximate surface area is 119 Å². The number of hydrogen-bond acceptors (Lipinski definition) is 2. The molecule has 0 aliphatic rings. The molecule has 20 heavy (non-hydrogen) atoms. The van der Waals surface area contributed by atoms with Crippen molar-refractivity contribution < 1.29 is 9.63 Å². The number of hydrogen-bond donors (Lipinski definition) is 2. The van der Waals surface area contributed by atoms with Crippen molar-refractivity contribution in [3.8, 4) is 0 Å². The molecule has 0 radical (unpaired) electrons. The molecule has 106 valence electrons. The number of amides is 2. The van der Waals surface area contributed by atoms with E-state index in [-0.39, 0.29) is 6.03 Å². The van der Waals surface area contributed by atoms with Crippen LogP contribution in [0, 0.1) is 5.92 Å². The molecule has 0 aromatic heterocycles. The van der Waals surface area contributed by atoms with Crippen LogP contribution >= 0.6 is 0 Å². The Morgan fingerprint density at radius 3 is 2.70 bits per heavy atom. The normalized spacial score (nSPS) is 10.8. The second-order valence-electron chi connectivity index (χ2n) is 5.11. The summed E-state index contributed by atoms with van der Waals surface area (Å²) in [7, 11) is 0. The van der Waals surface area contributed by atoms with E-state index in [9.17, 15) is 4.79 Å². The molecule has 0 aliphatic heterocycles. The van der Waals surface area contributed by atoms with E-state index in [4.69, 9.17) is 4.84 Å². The molecule has 4 nitrogen and oxygen atoms in total. The molecule has 2 aromatic rings. The summed E-state index contributed by atoms with van der Waals surface area (Å²) < 4.78 is 0. The van der Waals surface area contributed by atoms with Crippen molar-refractivity contribution in [3.63, 3.8) is 0 Å². The summed E-state index contributed by atoms with van der Waals surface area (Å²) in [5, 5.41) is 4.89. The number of carbonyl (C=O) groups is 1. The number of benzene rings is 2. The first-order chi connectivity index (χ1) is 9.66. The van der Waals surface area contributed by atoms with Gasteiger partial charge in [-0.25, -0.2) is 10.3 Å². The molecule has 2 N–H and O–H groups in total. The van der Waals surface area contributed by atoms with Gasteiger partial charge < -0.3 is 5.32 Å². The number of urea groups is 1. The smallest absolute Gasteiger partial charge is 0.306 e. The number of nitrogens with one attached hydrogen (secondary N) is 2. The van der Waals surface area contributed by atoms with Crippen LogP contribution in [0.2, 0.25) is 0 Å². The monoisotopic (exact) mass is 272 g/mol. The van der Waals surface area contributed by atoms with Crippen LogP contribution in [0.3, 0.4) is 0 Å². The van der Waals surface area contributed by atoms with Gasteiger partial charge in [0.2, 0.25) is 0 Å². The van der Waals surface area contributed by atoms with Crippen molar-refractivity contribution in [2.45, 2.75) is 20.3 Å². The molecule has 2 amide bonds. The molecule has 4 heteroatoms.